The molecule has 3 aliphatic carbocycles. The Hall–Kier alpha value is -1.06. The van der Waals surface area contributed by atoms with Gasteiger partial charge in [-0.2, -0.15) is 0 Å². The predicted molar refractivity (Wildman–Crippen MR) is 88.6 cm³/mol. The van der Waals surface area contributed by atoms with Crippen molar-refractivity contribution in [2.75, 3.05) is 13.1 Å². The molecular weight excluding hydrogens is 288 g/mol. The number of hydrogen-bond acceptors (Lipinski definition) is 2. The Balaban J connectivity index is 1.28. The van der Waals surface area contributed by atoms with Crippen molar-refractivity contribution < 1.29 is 9.59 Å². The maximum atomic E-state index is 12.7. The van der Waals surface area contributed by atoms with Gasteiger partial charge in [0.15, 0.2) is 0 Å². The van der Waals surface area contributed by atoms with Gasteiger partial charge in [-0.3, -0.25) is 9.59 Å². The van der Waals surface area contributed by atoms with E-state index in [2.05, 4.69) is 5.32 Å². The summed E-state index contributed by atoms with van der Waals surface area (Å²) in [5.74, 6) is 2.61. The monoisotopic (exact) mass is 318 g/mol. The summed E-state index contributed by atoms with van der Waals surface area (Å²) in [4.78, 5) is 26.9. The number of carbonyl (C=O) groups is 2. The van der Waals surface area contributed by atoms with Gasteiger partial charge in [-0.05, 0) is 63.2 Å². The fourth-order valence-corrected chi connectivity index (χ4v) is 4.65. The van der Waals surface area contributed by atoms with E-state index >= 15 is 0 Å². The van der Waals surface area contributed by atoms with Crippen LogP contribution in [0.2, 0.25) is 0 Å². The molecule has 0 bridgehead atoms. The molecular formula is C19H30N2O2. The van der Waals surface area contributed by atoms with E-state index < -0.39 is 0 Å². The van der Waals surface area contributed by atoms with Crippen LogP contribution in [-0.4, -0.2) is 35.8 Å². The third kappa shape index (κ3) is 3.72. The maximum Gasteiger partial charge on any atom is 0.225 e. The SMILES string of the molecule is O=C(N[C@@H]1CCC[C@H](C2CC2)C1)[C@@H]1CCCN(C(=O)C2CC2)C1. The van der Waals surface area contributed by atoms with Crippen LogP contribution in [0.4, 0.5) is 0 Å². The Morgan fingerprint density at radius 1 is 0.826 bits per heavy atom. The Bertz CT molecular complexity index is 470. The summed E-state index contributed by atoms with van der Waals surface area (Å²) in [6.45, 7) is 1.51. The molecule has 4 aliphatic rings. The lowest BCUT2D eigenvalue weighted by Gasteiger charge is -2.35. The fraction of sp³-hybridized carbons (Fsp3) is 0.895. The molecule has 1 saturated heterocycles. The maximum absolute atomic E-state index is 12.7. The Labute approximate surface area is 139 Å². The molecule has 4 heteroatoms. The quantitative estimate of drug-likeness (QED) is 0.866. The van der Waals surface area contributed by atoms with Gasteiger partial charge in [-0.25, -0.2) is 0 Å². The third-order valence-electron chi connectivity index (χ3n) is 6.38. The zero-order valence-electron chi connectivity index (χ0n) is 14.1. The summed E-state index contributed by atoms with van der Waals surface area (Å²) >= 11 is 0. The van der Waals surface area contributed by atoms with Crippen molar-refractivity contribution in [3.05, 3.63) is 0 Å². The average Bonchev–Trinajstić information content (AvgIpc) is 3.47. The Morgan fingerprint density at radius 3 is 2.39 bits per heavy atom. The van der Waals surface area contributed by atoms with Gasteiger partial charge >= 0.3 is 0 Å². The molecule has 1 N–H and O–H groups in total. The van der Waals surface area contributed by atoms with Gasteiger partial charge < -0.3 is 10.2 Å². The van der Waals surface area contributed by atoms with E-state index in [9.17, 15) is 9.59 Å². The number of nitrogens with zero attached hydrogens (tertiary/aromatic N) is 1. The lowest BCUT2D eigenvalue weighted by atomic mass is 9.82. The van der Waals surface area contributed by atoms with Gasteiger partial charge in [0.25, 0.3) is 0 Å². The second-order valence-electron chi connectivity index (χ2n) is 8.37. The minimum absolute atomic E-state index is 0.0211. The van der Waals surface area contributed by atoms with Crippen LogP contribution in [0.1, 0.15) is 64.2 Å². The first-order valence-corrected chi connectivity index (χ1v) is 9.80. The topological polar surface area (TPSA) is 49.4 Å². The minimum Gasteiger partial charge on any atom is -0.353 e. The molecule has 3 atom stereocenters. The summed E-state index contributed by atoms with van der Waals surface area (Å²) in [6.07, 6.45) is 11.8. The number of amides is 2. The third-order valence-corrected chi connectivity index (χ3v) is 6.38. The molecule has 4 rings (SSSR count). The second kappa shape index (κ2) is 6.45. The standard InChI is InChI=1S/C19H30N2O2/c22-18(20-17-5-1-3-15(11-17)13-6-7-13)16-4-2-10-21(12-16)19(23)14-8-9-14/h13-17H,1-12H2,(H,20,22)/t15-,16+,17+/m0/s1. The smallest absolute Gasteiger partial charge is 0.225 e. The molecule has 2 amide bonds. The Kier molecular flexibility index (Phi) is 4.33. The molecule has 1 aliphatic heterocycles. The van der Waals surface area contributed by atoms with Crippen LogP contribution >= 0.6 is 0 Å². The van der Waals surface area contributed by atoms with Gasteiger partial charge in [0, 0.05) is 25.0 Å². The molecule has 4 nitrogen and oxygen atoms in total. The first-order valence-electron chi connectivity index (χ1n) is 9.80. The van der Waals surface area contributed by atoms with Crippen molar-refractivity contribution in [2.45, 2.75) is 70.3 Å². The molecule has 0 unspecified atom stereocenters. The molecule has 128 valence electrons. The van der Waals surface area contributed by atoms with Crippen molar-refractivity contribution in [1.29, 1.82) is 0 Å². The largest absolute Gasteiger partial charge is 0.353 e. The van der Waals surface area contributed by atoms with Crippen LogP contribution in [0.25, 0.3) is 0 Å². The van der Waals surface area contributed by atoms with Gasteiger partial charge in [-0.15, -0.1) is 0 Å². The van der Waals surface area contributed by atoms with Crippen LogP contribution < -0.4 is 5.32 Å². The van der Waals surface area contributed by atoms with E-state index in [4.69, 9.17) is 0 Å². The van der Waals surface area contributed by atoms with E-state index in [1.165, 1.54) is 32.1 Å². The van der Waals surface area contributed by atoms with E-state index in [-0.39, 0.29) is 17.7 Å². The highest BCUT2D eigenvalue weighted by Gasteiger charge is 2.38. The molecule has 0 spiro atoms. The van der Waals surface area contributed by atoms with Gasteiger partial charge in [0.2, 0.25) is 11.8 Å². The summed E-state index contributed by atoms with van der Waals surface area (Å²) < 4.78 is 0. The van der Waals surface area contributed by atoms with Crippen LogP contribution in [0.3, 0.4) is 0 Å². The van der Waals surface area contributed by atoms with Crippen LogP contribution in [-0.2, 0) is 9.59 Å². The van der Waals surface area contributed by atoms with Crippen molar-refractivity contribution in [2.24, 2.45) is 23.7 Å². The van der Waals surface area contributed by atoms with E-state index in [0.29, 0.717) is 18.5 Å². The normalized spacial score (nSPS) is 35.0. The van der Waals surface area contributed by atoms with Gasteiger partial charge in [-0.1, -0.05) is 12.8 Å². The van der Waals surface area contributed by atoms with Crippen LogP contribution in [0, 0.1) is 23.7 Å². The number of likely N-dealkylation sites (tertiary alicyclic amines) is 1. The molecule has 4 fully saturated rings. The van der Waals surface area contributed by atoms with Crippen molar-refractivity contribution in [3.63, 3.8) is 0 Å². The van der Waals surface area contributed by atoms with Crippen molar-refractivity contribution >= 4 is 11.8 Å². The lowest BCUT2D eigenvalue weighted by Crippen LogP contribution is -2.48. The highest BCUT2D eigenvalue weighted by Crippen LogP contribution is 2.44. The fourth-order valence-electron chi connectivity index (χ4n) is 4.65. The summed E-state index contributed by atoms with van der Waals surface area (Å²) in [5, 5.41) is 3.33. The molecule has 0 aromatic rings. The predicted octanol–water partition coefficient (Wildman–Crippen LogP) is 2.72. The lowest BCUT2D eigenvalue weighted by molar-refractivity contribution is -0.137. The number of piperidine rings is 1. The van der Waals surface area contributed by atoms with Gasteiger partial charge in [0.1, 0.15) is 0 Å². The summed E-state index contributed by atoms with van der Waals surface area (Å²) in [7, 11) is 0. The molecule has 1 heterocycles. The van der Waals surface area contributed by atoms with Crippen LogP contribution in [0.5, 0.6) is 0 Å². The van der Waals surface area contributed by atoms with E-state index in [1.54, 1.807) is 0 Å². The molecule has 3 saturated carbocycles. The zero-order valence-corrected chi connectivity index (χ0v) is 14.1. The first kappa shape index (κ1) is 15.5. The second-order valence-corrected chi connectivity index (χ2v) is 8.37. The molecule has 0 radical (unpaired) electrons. The molecule has 23 heavy (non-hydrogen) atoms. The Morgan fingerprint density at radius 2 is 1.65 bits per heavy atom. The van der Waals surface area contributed by atoms with E-state index in [0.717, 1.165) is 50.5 Å². The van der Waals surface area contributed by atoms with Crippen molar-refractivity contribution in [1.82, 2.24) is 10.2 Å². The first-order chi connectivity index (χ1) is 11.2. The van der Waals surface area contributed by atoms with Crippen molar-refractivity contribution in [3.8, 4) is 0 Å². The number of carbonyl (C=O) groups excluding carboxylic acids is 2. The van der Waals surface area contributed by atoms with Gasteiger partial charge in [0.05, 0.1) is 5.92 Å². The van der Waals surface area contributed by atoms with Crippen LogP contribution in [0.15, 0.2) is 0 Å². The molecule has 0 aromatic carbocycles. The molecule has 0 aromatic heterocycles. The summed E-state index contributed by atoms with van der Waals surface area (Å²) in [5.41, 5.74) is 0. The highest BCUT2D eigenvalue weighted by molar-refractivity contribution is 5.83. The number of nitrogens with one attached hydrogen (secondary N) is 1. The van der Waals surface area contributed by atoms with E-state index in [1.807, 2.05) is 4.90 Å². The zero-order chi connectivity index (χ0) is 15.8. The highest BCUT2D eigenvalue weighted by atomic mass is 16.2. The number of rotatable bonds is 4. The summed E-state index contributed by atoms with van der Waals surface area (Å²) in [6, 6.07) is 0.386. The minimum atomic E-state index is 0.0211. The number of hydrogen-bond donors (Lipinski definition) is 1. The average molecular weight is 318 g/mol.